The molecule has 0 bridgehead atoms. The standard InChI is InChI=1S/C12H15BrN2O3/c1-8-7-9(3-4-10(8)13)15-12(17)11(16)14-5-6-18-2/h3-4,7H,5-6H2,1-2H3,(H,14,16)(H,15,17). The molecule has 1 aromatic rings. The van der Waals surface area contributed by atoms with Gasteiger partial charge in [0.05, 0.1) is 6.61 Å². The molecule has 1 aromatic carbocycles. The number of nitrogens with one attached hydrogen (secondary N) is 2. The van der Waals surface area contributed by atoms with Crippen molar-refractivity contribution in [1.82, 2.24) is 5.32 Å². The van der Waals surface area contributed by atoms with Gasteiger partial charge in [-0.15, -0.1) is 0 Å². The topological polar surface area (TPSA) is 67.4 Å². The van der Waals surface area contributed by atoms with E-state index in [2.05, 4.69) is 26.6 Å². The van der Waals surface area contributed by atoms with Gasteiger partial charge in [-0.05, 0) is 30.7 Å². The third-order valence-corrected chi connectivity index (χ3v) is 3.10. The second-order valence-electron chi connectivity index (χ2n) is 3.67. The molecule has 0 aliphatic heterocycles. The summed E-state index contributed by atoms with van der Waals surface area (Å²) in [5, 5.41) is 4.97. The minimum absolute atomic E-state index is 0.308. The highest BCUT2D eigenvalue weighted by Crippen LogP contribution is 2.19. The van der Waals surface area contributed by atoms with Gasteiger partial charge in [-0.1, -0.05) is 15.9 Å². The molecular weight excluding hydrogens is 300 g/mol. The maximum atomic E-state index is 11.5. The maximum Gasteiger partial charge on any atom is 0.313 e. The van der Waals surface area contributed by atoms with Crippen LogP contribution in [0.2, 0.25) is 0 Å². The number of hydrogen-bond donors (Lipinski definition) is 2. The number of aryl methyl sites for hydroxylation is 1. The molecule has 2 amide bonds. The molecule has 98 valence electrons. The fourth-order valence-corrected chi connectivity index (χ4v) is 1.50. The second kappa shape index (κ2) is 7.13. The SMILES string of the molecule is COCCNC(=O)C(=O)Nc1ccc(Br)c(C)c1. The van der Waals surface area contributed by atoms with E-state index in [1.54, 1.807) is 12.1 Å². The zero-order valence-electron chi connectivity index (χ0n) is 10.2. The van der Waals surface area contributed by atoms with Gasteiger partial charge in [0.2, 0.25) is 0 Å². The van der Waals surface area contributed by atoms with Gasteiger partial charge < -0.3 is 15.4 Å². The molecule has 0 saturated carbocycles. The molecule has 0 radical (unpaired) electrons. The number of hydrogen-bond acceptors (Lipinski definition) is 3. The highest BCUT2D eigenvalue weighted by molar-refractivity contribution is 9.10. The molecule has 2 N–H and O–H groups in total. The first-order chi connectivity index (χ1) is 8.54. The summed E-state index contributed by atoms with van der Waals surface area (Å²) >= 11 is 3.36. The lowest BCUT2D eigenvalue weighted by Gasteiger charge is -2.07. The zero-order valence-corrected chi connectivity index (χ0v) is 11.8. The third-order valence-electron chi connectivity index (χ3n) is 2.21. The van der Waals surface area contributed by atoms with Gasteiger partial charge in [0, 0.05) is 23.8 Å². The lowest BCUT2D eigenvalue weighted by Crippen LogP contribution is -2.37. The van der Waals surface area contributed by atoms with E-state index in [1.807, 2.05) is 13.0 Å². The minimum Gasteiger partial charge on any atom is -0.383 e. The normalized spacial score (nSPS) is 9.94. The Labute approximate surface area is 114 Å². The Morgan fingerprint density at radius 2 is 2.06 bits per heavy atom. The average molecular weight is 315 g/mol. The molecule has 18 heavy (non-hydrogen) atoms. The fourth-order valence-electron chi connectivity index (χ4n) is 1.26. The van der Waals surface area contributed by atoms with Gasteiger partial charge in [-0.25, -0.2) is 0 Å². The summed E-state index contributed by atoms with van der Waals surface area (Å²) < 4.78 is 5.72. The van der Waals surface area contributed by atoms with Crippen LogP contribution in [0.1, 0.15) is 5.56 Å². The number of amides is 2. The molecule has 0 fully saturated rings. The van der Waals surface area contributed by atoms with Gasteiger partial charge in [-0.3, -0.25) is 9.59 Å². The molecule has 6 heteroatoms. The third kappa shape index (κ3) is 4.46. The van der Waals surface area contributed by atoms with E-state index in [0.29, 0.717) is 18.8 Å². The molecule has 0 aliphatic carbocycles. The zero-order chi connectivity index (χ0) is 13.5. The van der Waals surface area contributed by atoms with E-state index >= 15 is 0 Å². The minimum atomic E-state index is -0.687. The van der Waals surface area contributed by atoms with Crippen LogP contribution in [0.5, 0.6) is 0 Å². The monoisotopic (exact) mass is 314 g/mol. The first-order valence-corrected chi connectivity index (χ1v) is 6.18. The van der Waals surface area contributed by atoms with Gasteiger partial charge in [0.1, 0.15) is 0 Å². The molecule has 0 aromatic heterocycles. The molecule has 0 aliphatic rings. The summed E-state index contributed by atoms with van der Waals surface area (Å²) in [6.07, 6.45) is 0. The van der Waals surface area contributed by atoms with Crippen LogP contribution in [-0.4, -0.2) is 32.1 Å². The Balaban J connectivity index is 2.53. The molecule has 0 heterocycles. The van der Waals surface area contributed by atoms with Crippen molar-refractivity contribution >= 4 is 33.4 Å². The first kappa shape index (κ1) is 14.7. The number of rotatable bonds is 4. The first-order valence-electron chi connectivity index (χ1n) is 5.39. The van der Waals surface area contributed by atoms with Crippen molar-refractivity contribution in [2.75, 3.05) is 25.6 Å². The van der Waals surface area contributed by atoms with Crippen LogP contribution < -0.4 is 10.6 Å². The average Bonchev–Trinajstić information content (AvgIpc) is 2.34. The predicted molar refractivity (Wildman–Crippen MR) is 72.4 cm³/mol. The Kier molecular flexibility index (Phi) is 5.80. The van der Waals surface area contributed by atoms with Gasteiger partial charge in [0.15, 0.2) is 0 Å². The van der Waals surface area contributed by atoms with Gasteiger partial charge >= 0.3 is 11.8 Å². The van der Waals surface area contributed by atoms with Crippen LogP contribution >= 0.6 is 15.9 Å². The number of carbonyl (C=O) groups is 2. The molecule has 0 spiro atoms. The number of halogens is 1. The van der Waals surface area contributed by atoms with E-state index in [1.165, 1.54) is 7.11 Å². The van der Waals surface area contributed by atoms with Gasteiger partial charge in [0.25, 0.3) is 0 Å². The summed E-state index contributed by atoms with van der Waals surface area (Å²) in [6, 6.07) is 5.32. The summed E-state index contributed by atoms with van der Waals surface area (Å²) in [4.78, 5) is 22.9. The smallest absolute Gasteiger partial charge is 0.313 e. The highest BCUT2D eigenvalue weighted by Gasteiger charge is 2.13. The van der Waals surface area contributed by atoms with Crippen LogP contribution in [0, 0.1) is 6.92 Å². The van der Waals surface area contributed by atoms with Crippen molar-refractivity contribution in [3.05, 3.63) is 28.2 Å². The Bertz CT molecular complexity index is 449. The molecule has 0 unspecified atom stereocenters. The van der Waals surface area contributed by atoms with Crippen LogP contribution in [0.4, 0.5) is 5.69 Å². The number of ether oxygens (including phenoxy) is 1. The number of methoxy groups -OCH3 is 1. The van der Waals surface area contributed by atoms with E-state index in [-0.39, 0.29) is 0 Å². The summed E-state index contributed by atoms with van der Waals surface area (Å²) in [5.41, 5.74) is 1.56. The van der Waals surface area contributed by atoms with Crippen LogP contribution in [-0.2, 0) is 14.3 Å². The predicted octanol–water partition coefficient (Wildman–Crippen LogP) is 1.46. The molecular formula is C12H15BrN2O3. The largest absolute Gasteiger partial charge is 0.383 e. The Morgan fingerprint density at radius 1 is 1.33 bits per heavy atom. The Hall–Kier alpha value is -1.40. The number of anilines is 1. The van der Waals surface area contributed by atoms with Crippen molar-refractivity contribution in [3.63, 3.8) is 0 Å². The lowest BCUT2D eigenvalue weighted by atomic mass is 10.2. The van der Waals surface area contributed by atoms with E-state index in [4.69, 9.17) is 4.74 Å². The molecule has 1 rings (SSSR count). The molecule has 0 saturated heterocycles. The van der Waals surface area contributed by atoms with Crippen molar-refractivity contribution in [2.45, 2.75) is 6.92 Å². The van der Waals surface area contributed by atoms with Crippen molar-refractivity contribution in [1.29, 1.82) is 0 Å². The van der Waals surface area contributed by atoms with Crippen molar-refractivity contribution in [3.8, 4) is 0 Å². The maximum absolute atomic E-state index is 11.5. The van der Waals surface area contributed by atoms with E-state index < -0.39 is 11.8 Å². The second-order valence-corrected chi connectivity index (χ2v) is 4.52. The summed E-state index contributed by atoms with van der Waals surface area (Å²) in [6.45, 7) is 2.58. The van der Waals surface area contributed by atoms with Crippen LogP contribution in [0.25, 0.3) is 0 Å². The van der Waals surface area contributed by atoms with E-state index in [9.17, 15) is 9.59 Å². The number of carbonyl (C=O) groups excluding carboxylic acids is 2. The van der Waals surface area contributed by atoms with E-state index in [0.717, 1.165) is 10.0 Å². The number of benzene rings is 1. The van der Waals surface area contributed by atoms with Crippen molar-refractivity contribution < 1.29 is 14.3 Å². The van der Waals surface area contributed by atoms with Crippen molar-refractivity contribution in [2.24, 2.45) is 0 Å². The Morgan fingerprint density at radius 3 is 2.67 bits per heavy atom. The molecule has 0 atom stereocenters. The summed E-state index contributed by atoms with van der Waals surface area (Å²) in [7, 11) is 1.52. The molecule has 5 nitrogen and oxygen atoms in total. The lowest BCUT2D eigenvalue weighted by molar-refractivity contribution is -0.136. The van der Waals surface area contributed by atoms with Crippen LogP contribution in [0.15, 0.2) is 22.7 Å². The quantitative estimate of drug-likeness (QED) is 0.653. The highest BCUT2D eigenvalue weighted by atomic mass is 79.9. The van der Waals surface area contributed by atoms with Crippen LogP contribution in [0.3, 0.4) is 0 Å². The summed E-state index contributed by atoms with van der Waals surface area (Å²) in [5.74, 6) is -1.36. The fraction of sp³-hybridized carbons (Fsp3) is 0.333. The van der Waals surface area contributed by atoms with Gasteiger partial charge in [-0.2, -0.15) is 0 Å².